The lowest BCUT2D eigenvalue weighted by Crippen LogP contribution is -2.36. The molecule has 1 aliphatic heterocycles. The highest BCUT2D eigenvalue weighted by Gasteiger charge is 2.21. The number of likely N-dealkylation sites (tertiary alicyclic amines) is 1. The van der Waals surface area contributed by atoms with E-state index < -0.39 is 0 Å². The van der Waals surface area contributed by atoms with E-state index in [0.717, 1.165) is 13.1 Å². The third-order valence-corrected chi connectivity index (χ3v) is 4.12. The fraction of sp³-hybridized carbons (Fsp3) is 0.471. The van der Waals surface area contributed by atoms with Crippen LogP contribution in [0.5, 0.6) is 0 Å². The molecule has 2 aromatic rings. The average Bonchev–Trinajstić information content (AvgIpc) is 3.04. The quantitative estimate of drug-likeness (QED) is 0.846. The van der Waals surface area contributed by atoms with Crippen LogP contribution in [0.3, 0.4) is 0 Å². The van der Waals surface area contributed by atoms with Gasteiger partial charge in [0.25, 0.3) is 0 Å². The molecule has 1 fully saturated rings. The molecule has 0 bridgehead atoms. The third kappa shape index (κ3) is 3.71. The smallest absolute Gasteiger partial charge is 0.0713 e. The van der Waals surface area contributed by atoms with E-state index in [9.17, 15) is 0 Å². The van der Waals surface area contributed by atoms with Crippen LogP contribution in [-0.4, -0.2) is 34.9 Å². The number of hydrogen-bond acceptors (Lipinski definition) is 3. The minimum absolute atomic E-state index is 0.515. The predicted molar refractivity (Wildman–Crippen MR) is 82.9 cm³/mol. The number of rotatable bonds is 5. The van der Waals surface area contributed by atoms with Crippen LogP contribution in [0.1, 0.15) is 30.0 Å². The van der Waals surface area contributed by atoms with E-state index in [-0.39, 0.29) is 0 Å². The molecule has 1 saturated heterocycles. The second-order valence-corrected chi connectivity index (χ2v) is 5.77. The Labute approximate surface area is 126 Å². The Bertz CT molecular complexity index is 536. The number of benzene rings is 1. The molecule has 0 amide bonds. The van der Waals surface area contributed by atoms with E-state index in [2.05, 4.69) is 45.1 Å². The molecule has 1 aromatic heterocycles. The summed E-state index contributed by atoms with van der Waals surface area (Å²) in [5.74, 6) is 0. The van der Waals surface area contributed by atoms with Crippen LogP contribution in [0.2, 0.25) is 0 Å². The molecule has 0 spiro atoms. The Kier molecular flexibility index (Phi) is 4.68. The molecule has 2 heterocycles. The Morgan fingerprint density at radius 3 is 2.76 bits per heavy atom. The van der Waals surface area contributed by atoms with E-state index in [1.54, 1.807) is 7.11 Å². The highest BCUT2D eigenvalue weighted by atomic mass is 16.5. The van der Waals surface area contributed by atoms with Crippen molar-refractivity contribution in [3.8, 4) is 0 Å². The van der Waals surface area contributed by atoms with Crippen molar-refractivity contribution >= 4 is 0 Å². The number of nitrogens with zero attached hydrogens (tertiary/aromatic N) is 3. The largest absolute Gasteiger partial charge is 0.380 e. The number of aromatic nitrogens is 2. The van der Waals surface area contributed by atoms with Gasteiger partial charge < -0.3 is 4.74 Å². The second kappa shape index (κ2) is 6.87. The molecule has 1 atom stereocenters. The molecule has 21 heavy (non-hydrogen) atoms. The summed E-state index contributed by atoms with van der Waals surface area (Å²) in [5.41, 5.74) is 2.60. The Balaban J connectivity index is 1.59. The summed E-state index contributed by atoms with van der Waals surface area (Å²) in [6.07, 6.45) is 6.42. The first-order chi connectivity index (χ1) is 10.3. The van der Waals surface area contributed by atoms with Crippen molar-refractivity contribution < 1.29 is 4.74 Å². The van der Waals surface area contributed by atoms with Gasteiger partial charge in [0.2, 0.25) is 0 Å². The molecule has 4 nitrogen and oxygen atoms in total. The molecule has 1 aromatic carbocycles. The van der Waals surface area contributed by atoms with Crippen LogP contribution < -0.4 is 0 Å². The van der Waals surface area contributed by atoms with Crippen LogP contribution in [0.15, 0.2) is 42.7 Å². The lowest BCUT2D eigenvalue weighted by Gasteiger charge is -2.32. The standard InChI is InChI=1S/C17H23N3O/c1-21-14-16-7-5-15(6-8-16)12-19-10-2-4-17(13-19)20-11-3-9-18-20/h3,5-9,11,17H,2,4,10,12-14H2,1H3. The Morgan fingerprint density at radius 2 is 2.05 bits per heavy atom. The molecule has 4 heteroatoms. The van der Waals surface area contributed by atoms with Crippen molar-refractivity contribution in [2.75, 3.05) is 20.2 Å². The summed E-state index contributed by atoms with van der Waals surface area (Å²) in [6.45, 7) is 3.97. The first-order valence-electron chi connectivity index (χ1n) is 7.63. The molecule has 1 unspecified atom stereocenters. The van der Waals surface area contributed by atoms with E-state index >= 15 is 0 Å². The maximum Gasteiger partial charge on any atom is 0.0713 e. The minimum Gasteiger partial charge on any atom is -0.380 e. The number of methoxy groups -OCH3 is 1. The SMILES string of the molecule is COCc1ccc(CN2CCCC(n3cccn3)C2)cc1. The van der Waals surface area contributed by atoms with Gasteiger partial charge in [-0.15, -0.1) is 0 Å². The van der Waals surface area contributed by atoms with Crippen LogP contribution in [0.25, 0.3) is 0 Å². The third-order valence-electron chi connectivity index (χ3n) is 4.12. The second-order valence-electron chi connectivity index (χ2n) is 5.77. The van der Waals surface area contributed by atoms with Crippen molar-refractivity contribution in [2.45, 2.75) is 32.0 Å². The van der Waals surface area contributed by atoms with Gasteiger partial charge in [0, 0.05) is 32.6 Å². The fourth-order valence-electron chi connectivity index (χ4n) is 3.05. The zero-order valence-electron chi connectivity index (χ0n) is 12.6. The number of piperidine rings is 1. The average molecular weight is 285 g/mol. The summed E-state index contributed by atoms with van der Waals surface area (Å²) < 4.78 is 7.26. The first kappa shape index (κ1) is 14.3. The molecule has 0 aliphatic carbocycles. The van der Waals surface area contributed by atoms with Crippen molar-refractivity contribution in [3.05, 3.63) is 53.9 Å². The number of hydrogen-bond donors (Lipinski definition) is 0. The molecule has 112 valence electrons. The van der Waals surface area contributed by atoms with Gasteiger partial charge >= 0.3 is 0 Å². The van der Waals surface area contributed by atoms with Crippen molar-refractivity contribution in [3.63, 3.8) is 0 Å². The van der Waals surface area contributed by atoms with Gasteiger partial charge in [0.05, 0.1) is 12.6 Å². The van der Waals surface area contributed by atoms with Gasteiger partial charge in [-0.1, -0.05) is 24.3 Å². The molecule has 0 N–H and O–H groups in total. The van der Waals surface area contributed by atoms with Gasteiger partial charge in [-0.2, -0.15) is 5.10 Å². The van der Waals surface area contributed by atoms with Gasteiger partial charge in [0.15, 0.2) is 0 Å². The lowest BCUT2D eigenvalue weighted by molar-refractivity contribution is 0.163. The minimum atomic E-state index is 0.515. The van der Waals surface area contributed by atoms with Crippen molar-refractivity contribution in [1.82, 2.24) is 14.7 Å². The molecular formula is C17H23N3O. The van der Waals surface area contributed by atoms with Gasteiger partial charge in [-0.05, 0) is 36.6 Å². The molecule has 0 saturated carbocycles. The van der Waals surface area contributed by atoms with E-state index in [1.807, 2.05) is 12.3 Å². The van der Waals surface area contributed by atoms with Crippen molar-refractivity contribution in [2.24, 2.45) is 0 Å². The molecule has 1 aliphatic rings. The monoisotopic (exact) mass is 285 g/mol. The van der Waals surface area contributed by atoms with Gasteiger partial charge in [0.1, 0.15) is 0 Å². The summed E-state index contributed by atoms with van der Waals surface area (Å²) >= 11 is 0. The van der Waals surface area contributed by atoms with Crippen LogP contribution in [-0.2, 0) is 17.9 Å². The highest BCUT2D eigenvalue weighted by Crippen LogP contribution is 2.22. The zero-order valence-corrected chi connectivity index (χ0v) is 12.6. The summed E-state index contributed by atoms with van der Waals surface area (Å²) in [5, 5.41) is 4.39. The van der Waals surface area contributed by atoms with E-state index in [0.29, 0.717) is 12.6 Å². The summed E-state index contributed by atoms with van der Waals surface area (Å²) in [4.78, 5) is 2.53. The van der Waals surface area contributed by atoms with Gasteiger partial charge in [-0.3, -0.25) is 9.58 Å². The summed E-state index contributed by atoms with van der Waals surface area (Å²) in [6, 6.07) is 11.3. The Morgan fingerprint density at radius 1 is 1.24 bits per heavy atom. The molecular weight excluding hydrogens is 262 g/mol. The number of ether oxygens (including phenoxy) is 1. The summed E-state index contributed by atoms with van der Waals surface area (Å²) in [7, 11) is 1.73. The van der Waals surface area contributed by atoms with Gasteiger partial charge in [-0.25, -0.2) is 0 Å². The molecule has 3 rings (SSSR count). The maximum absolute atomic E-state index is 5.15. The first-order valence-corrected chi connectivity index (χ1v) is 7.63. The predicted octanol–water partition coefficient (Wildman–Crippen LogP) is 2.87. The van der Waals surface area contributed by atoms with E-state index in [4.69, 9.17) is 4.74 Å². The van der Waals surface area contributed by atoms with Crippen molar-refractivity contribution in [1.29, 1.82) is 0 Å². The van der Waals surface area contributed by atoms with E-state index in [1.165, 1.54) is 30.5 Å². The normalized spacial score (nSPS) is 19.8. The highest BCUT2D eigenvalue weighted by molar-refractivity contribution is 5.22. The Hall–Kier alpha value is -1.65. The maximum atomic E-state index is 5.15. The van der Waals surface area contributed by atoms with Crippen LogP contribution in [0, 0.1) is 0 Å². The zero-order chi connectivity index (χ0) is 14.5. The lowest BCUT2D eigenvalue weighted by atomic mass is 10.0. The van der Waals surface area contributed by atoms with Crippen LogP contribution >= 0.6 is 0 Å². The molecule has 0 radical (unpaired) electrons. The topological polar surface area (TPSA) is 30.3 Å². The fourth-order valence-corrected chi connectivity index (χ4v) is 3.05. The van der Waals surface area contributed by atoms with Crippen LogP contribution in [0.4, 0.5) is 0 Å².